The normalized spacial score (nSPS) is 19.8. The lowest BCUT2D eigenvalue weighted by Gasteiger charge is -2.32. The summed E-state index contributed by atoms with van der Waals surface area (Å²) in [4.78, 5) is 42.9. The number of piperazine rings is 1. The van der Waals surface area contributed by atoms with Gasteiger partial charge in [-0.2, -0.15) is 0 Å². The lowest BCUT2D eigenvalue weighted by molar-refractivity contribution is -0.896. The van der Waals surface area contributed by atoms with Crippen LogP contribution in [0.4, 0.5) is 0 Å². The number of nitrogens with one attached hydrogen (secondary N) is 1. The number of carbonyl (C=O) groups excluding carboxylic acids is 3. The molecule has 1 N–H and O–H groups in total. The first-order chi connectivity index (χ1) is 13.3. The first-order valence-corrected chi connectivity index (χ1v) is 10.8. The number of fused-ring (bicyclic) bond motifs is 1. The van der Waals surface area contributed by atoms with Gasteiger partial charge in [-0.3, -0.25) is 9.59 Å². The number of amides is 2. The van der Waals surface area contributed by atoms with E-state index < -0.39 is 5.97 Å². The van der Waals surface area contributed by atoms with Crippen LogP contribution in [0.3, 0.4) is 0 Å². The number of hydrogen-bond acceptors (Lipinski definition) is 5. The highest BCUT2D eigenvalue weighted by atomic mass is 32.1. The lowest BCUT2D eigenvalue weighted by atomic mass is 9.90. The molecule has 1 aromatic rings. The summed E-state index contributed by atoms with van der Waals surface area (Å²) in [6, 6.07) is 1.94. The van der Waals surface area contributed by atoms with E-state index in [0.717, 1.165) is 32.4 Å². The maximum atomic E-state index is 12.4. The van der Waals surface area contributed by atoms with Gasteiger partial charge in [0.25, 0.3) is 11.8 Å². The molecule has 0 radical (unpaired) electrons. The van der Waals surface area contributed by atoms with Gasteiger partial charge in [0.2, 0.25) is 0 Å². The molecule has 7 nitrogen and oxygen atoms in total. The highest BCUT2D eigenvalue weighted by Gasteiger charge is 2.27. The fraction of sp³-hybridized carbons (Fsp3) is 0.650. The average molecular weight is 409 g/mol. The summed E-state index contributed by atoms with van der Waals surface area (Å²) >= 11 is 1.50. The molecule has 1 fully saturated rings. The van der Waals surface area contributed by atoms with Crippen molar-refractivity contribution in [2.45, 2.75) is 26.2 Å². The molecular formula is C20H30N3O4S+. The quantitative estimate of drug-likeness (QED) is 0.688. The molecule has 1 aromatic heterocycles. The Morgan fingerprint density at radius 2 is 2.00 bits per heavy atom. The van der Waals surface area contributed by atoms with Crippen molar-refractivity contribution in [1.82, 2.24) is 9.80 Å². The zero-order chi connectivity index (χ0) is 20.3. The Morgan fingerprint density at radius 3 is 2.68 bits per heavy atom. The van der Waals surface area contributed by atoms with Crippen LogP contribution in [0.15, 0.2) is 6.07 Å². The fourth-order valence-electron chi connectivity index (χ4n) is 3.72. The van der Waals surface area contributed by atoms with E-state index in [1.54, 1.807) is 23.9 Å². The third-order valence-electron chi connectivity index (χ3n) is 5.58. The summed E-state index contributed by atoms with van der Waals surface area (Å²) in [7, 11) is 3.50. The molecule has 1 atom stereocenters. The SMILES string of the molecule is C[C@H]1CCc2sc(C(=O)OCC(=O)N3CC[NH+](CC(=O)N(C)C)CC3)cc2C1. The van der Waals surface area contributed by atoms with E-state index in [4.69, 9.17) is 4.74 Å². The number of rotatable bonds is 5. The van der Waals surface area contributed by atoms with Crippen molar-refractivity contribution in [2.75, 3.05) is 53.4 Å². The molecule has 1 aliphatic carbocycles. The van der Waals surface area contributed by atoms with Gasteiger partial charge in [-0.05, 0) is 36.8 Å². The molecule has 0 bridgehead atoms. The number of aryl methyl sites for hydroxylation is 1. The third kappa shape index (κ3) is 5.11. The van der Waals surface area contributed by atoms with Crippen LogP contribution < -0.4 is 4.90 Å². The number of quaternary nitrogens is 1. The van der Waals surface area contributed by atoms with Gasteiger partial charge in [0, 0.05) is 19.0 Å². The number of esters is 1. The predicted octanol–water partition coefficient (Wildman–Crippen LogP) is -0.155. The van der Waals surface area contributed by atoms with Crippen molar-refractivity contribution in [3.05, 3.63) is 21.4 Å². The van der Waals surface area contributed by atoms with Crippen LogP contribution in [0.1, 0.15) is 33.5 Å². The summed E-state index contributed by atoms with van der Waals surface area (Å²) < 4.78 is 5.28. The van der Waals surface area contributed by atoms with E-state index in [9.17, 15) is 14.4 Å². The zero-order valence-electron chi connectivity index (χ0n) is 17.0. The monoisotopic (exact) mass is 408 g/mol. The number of ether oxygens (including phenoxy) is 1. The molecule has 2 amide bonds. The van der Waals surface area contributed by atoms with E-state index in [0.29, 0.717) is 30.4 Å². The topological polar surface area (TPSA) is 71.4 Å². The fourth-order valence-corrected chi connectivity index (χ4v) is 4.82. The van der Waals surface area contributed by atoms with Gasteiger partial charge in [0.1, 0.15) is 4.88 Å². The zero-order valence-corrected chi connectivity index (χ0v) is 17.8. The van der Waals surface area contributed by atoms with Crippen molar-refractivity contribution in [3.8, 4) is 0 Å². The number of nitrogens with zero attached hydrogens (tertiary/aromatic N) is 2. The van der Waals surface area contributed by atoms with Crippen LogP contribution >= 0.6 is 11.3 Å². The molecule has 2 heterocycles. The van der Waals surface area contributed by atoms with Gasteiger partial charge in [0.15, 0.2) is 13.2 Å². The molecular weight excluding hydrogens is 378 g/mol. The summed E-state index contributed by atoms with van der Waals surface area (Å²) in [5.41, 5.74) is 1.26. The molecule has 0 aromatic carbocycles. The second-order valence-electron chi connectivity index (χ2n) is 8.08. The Kier molecular flexibility index (Phi) is 6.72. The molecule has 3 rings (SSSR count). The van der Waals surface area contributed by atoms with Gasteiger partial charge >= 0.3 is 5.97 Å². The first-order valence-electron chi connectivity index (χ1n) is 9.93. The first kappa shape index (κ1) is 20.8. The largest absolute Gasteiger partial charge is 0.451 e. The van der Waals surface area contributed by atoms with Crippen molar-refractivity contribution in [3.63, 3.8) is 0 Å². The Hall–Kier alpha value is -1.93. The highest BCUT2D eigenvalue weighted by Crippen LogP contribution is 2.32. The van der Waals surface area contributed by atoms with E-state index in [-0.39, 0.29) is 18.4 Å². The van der Waals surface area contributed by atoms with Crippen molar-refractivity contribution >= 4 is 29.1 Å². The van der Waals surface area contributed by atoms with Gasteiger partial charge in [-0.1, -0.05) is 6.92 Å². The summed E-state index contributed by atoms with van der Waals surface area (Å²) in [5, 5.41) is 0. The van der Waals surface area contributed by atoms with E-state index in [2.05, 4.69) is 6.92 Å². The van der Waals surface area contributed by atoms with Crippen LogP contribution in [-0.4, -0.2) is 81.0 Å². The lowest BCUT2D eigenvalue weighted by Crippen LogP contribution is -3.15. The number of carbonyl (C=O) groups is 3. The molecule has 2 aliphatic rings. The van der Waals surface area contributed by atoms with Crippen LogP contribution in [0.5, 0.6) is 0 Å². The summed E-state index contributed by atoms with van der Waals surface area (Å²) in [6.07, 6.45) is 3.20. The minimum absolute atomic E-state index is 0.0942. The van der Waals surface area contributed by atoms with Crippen molar-refractivity contribution in [2.24, 2.45) is 5.92 Å². The molecule has 0 saturated carbocycles. The molecule has 0 unspecified atom stereocenters. The molecule has 1 saturated heterocycles. The van der Waals surface area contributed by atoms with E-state index >= 15 is 0 Å². The smallest absolute Gasteiger partial charge is 0.348 e. The van der Waals surface area contributed by atoms with Gasteiger partial charge in [-0.25, -0.2) is 4.79 Å². The molecule has 1 aliphatic heterocycles. The van der Waals surface area contributed by atoms with Gasteiger partial charge < -0.3 is 19.4 Å². The molecule has 8 heteroatoms. The second kappa shape index (κ2) is 9.05. The van der Waals surface area contributed by atoms with Crippen LogP contribution in [0.2, 0.25) is 0 Å². The summed E-state index contributed by atoms with van der Waals surface area (Å²) in [6.45, 7) is 5.09. The predicted molar refractivity (Wildman–Crippen MR) is 107 cm³/mol. The number of likely N-dealkylation sites (N-methyl/N-ethyl adjacent to an activating group) is 1. The Bertz CT molecular complexity index is 738. The Balaban J connectivity index is 1.43. The van der Waals surface area contributed by atoms with E-state index in [1.807, 2.05) is 6.07 Å². The maximum absolute atomic E-state index is 12.4. The molecule has 154 valence electrons. The standard InChI is InChI=1S/C20H29N3O4S/c1-14-4-5-16-15(10-14)11-17(28-16)20(26)27-13-19(25)23-8-6-22(7-9-23)12-18(24)21(2)3/h11,14H,4-10,12-13H2,1-3H3/p+1/t14-/m0/s1. The second-order valence-corrected chi connectivity index (χ2v) is 9.22. The minimum Gasteiger partial charge on any atom is -0.451 e. The summed E-state index contributed by atoms with van der Waals surface area (Å²) in [5.74, 6) is 0.181. The minimum atomic E-state index is -0.402. The Labute approximate surface area is 170 Å². The van der Waals surface area contributed by atoms with Gasteiger partial charge in [-0.15, -0.1) is 11.3 Å². The molecule has 0 spiro atoms. The van der Waals surface area contributed by atoms with Crippen LogP contribution in [0, 0.1) is 5.92 Å². The van der Waals surface area contributed by atoms with Crippen LogP contribution in [0.25, 0.3) is 0 Å². The number of hydrogen-bond donors (Lipinski definition) is 1. The van der Waals surface area contributed by atoms with Crippen molar-refractivity contribution < 1.29 is 24.0 Å². The maximum Gasteiger partial charge on any atom is 0.348 e. The Morgan fingerprint density at radius 1 is 1.29 bits per heavy atom. The average Bonchev–Trinajstić information content (AvgIpc) is 3.09. The van der Waals surface area contributed by atoms with Gasteiger partial charge in [0.05, 0.1) is 26.2 Å². The van der Waals surface area contributed by atoms with Crippen LogP contribution in [-0.2, 0) is 27.2 Å². The van der Waals surface area contributed by atoms with E-state index in [1.165, 1.54) is 26.7 Å². The number of thiophene rings is 1. The molecule has 28 heavy (non-hydrogen) atoms. The highest BCUT2D eigenvalue weighted by molar-refractivity contribution is 7.14. The third-order valence-corrected chi connectivity index (χ3v) is 6.80. The van der Waals surface area contributed by atoms with Crippen molar-refractivity contribution in [1.29, 1.82) is 0 Å².